The molecule has 0 N–H and O–H groups in total. The van der Waals surface area contributed by atoms with Crippen molar-refractivity contribution in [3.63, 3.8) is 0 Å². The number of benzene rings is 3. The average molecular weight is 575 g/mol. The molecule has 1 aliphatic heterocycles. The monoisotopic (exact) mass is 574 g/mol. The molecule has 1 amide bonds. The van der Waals surface area contributed by atoms with E-state index in [4.69, 9.17) is 25.8 Å². The number of halogens is 1. The normalized spacial score (nSPS) is 13.1. The maximum Gasteiger partial charge on any atom is 0.358 e. The molecule has 3 aromatic carbocycles. The van der Waals surface area contributed by atoms with Gasteiger partial charge >= 0.3 is 5.97 Å². The summed E-state index contributed by atoms with van der Waals surface area (Å²) >= 11 is 5.91. The van der Waals surface area contributed by atoms with Crippen LogP contribution in [0.25, 0.3) is 16.9 Å². The second-order valence-corrected chi connectivity index (χ2v) is 9.81. The topological polar surface area (TPSA) is 86.1 Å². The number of rotatable bonds is 9. The van der Waals surface area contributed by atoms with Crippen molar-refractivity contribution in [3.8, 4) is 28.4 Å². The number of methoxy groups -OCH3 is 1. The van der Waals surface area contributed by atoms with Crippen LogP contribution in [0.4, 0.5) is 5.69 Å². The van der Waals surface area contributed by atoms with Crippen LogP contribution in [0.5, 0.6) is 11.5 Å². The Morgan fingerprint density at radius 2 is 1.63 bits per heavy atom. The van der Waals surface area contributed by atoms with Gasteiger partial charge in [0.1, 0.15) is 17.2 Å². The molecule has 41 heavy (non-hydrogen) atoms. The molecule has 0 aliphatic carbocycles. The number of nitrogens with zero attached hydrogens (tertiary/aromatic N) is 4. The fraction of sp³-hybridized carbons (Fsp3) is 0.258. The van der Waals surface area contributed by atoms with Gasteiger partial charge in [-0.15, -0.1) is 0 Å². The molecule has 2 heterocycles. The Morgan fingerprint density at radius 1 is 0.927 bits per heavy atom. The minimum absolute atomic E-state index is 0.00992. The second-order valence-electron chi connectivity index (χ2n) is 9.38. The zero-order chi connectivity index (χ0) is 28.8. The predicted octanol–water partition coefficient (Wildman–Crippen LogP) is 5.11. The summed E-state index contributed by atoms with van der Waals surface area (Å²) in [6.07, 6.45) is 0. The molecule has 1 saturated heterocycles. The van der Waals surface area contributed by atoms with Crippen molar-refractivity contribution in [2.45, 2.75) is 6.92 Å². The molecule has 1 aliphatic rings. The van der Waals surface area contributed by atoms with Crippen LogP contribution in [0.3, 0.4) is 0 Å². The van der Waals surface area contributed by atoms with Gasteiger partial charge in [0.25, 0.3) is 5.91 Å². The first-order valence-corrected chi connectivity index (χ1v) is 13.8. The predicted molar refractivity (Wildman–Crippen MR) is 157 cm³/mol. The van der Waals surface area contributed by atoms with Crippen molar-refractivity contribution >= 4 is 29.2 Å². The van der Waals surface area contributed by atoms with Gasteiger partial charge in [-0.25, -0.2) is 9.48 Å². The Kier molecular flexibility index (Phi) is 8.74. The lowest BCUT2D eigenvalue weighted by atomic mass is 10.1. The highest BCUT2D eigenvalue weighted by molar-refractivity contribution is 6.30. The van der Waals surface area contributed by atoms with Crippen molar-refractivity contribution in [1.82, 2.24) is 14.7 Å². The zero-order valence-electron chi connectivity index (χ0n) is 23.0. The van der Waals surface area contributed by atoms with Gasteiger partial charge in [-0.05, 0) is 61.5 Å². The molecule has 10 heteroatoms. The van der Waals surface area contributed by atoms with Crippen LogP contribution in [0, 0.1) is 0 Å². The van der Waals surface area contributed by atoms with Crippen LogP contribution in [0.1, 0.15) is 17.4 Å². The van der Waals surface area contributed by atoms with E-state index in [-0.39, 0.29) is 24.8 Å². The maximum absolute atomic E-state index is 12.7. The molecule has 0 saturated carbocycles. The Balaban J connectivity index is 1.27. The summed E-state index contributed by atoms with van der Waals surface area (Å²) in [5, 5.41) is 5.18. The largest absolute Gasteiger partial charge is 0.494 e. The summed E-state index contributed by atoms with van der Waals surface area (Å²) in [6.45, 7) is 4.64. The first-order chi connectivity index (χ1) is 20.0. The van der Waals surface area contributed by atoms with Crippen molar-refractivity contribution in [1.29, 1.82) is 0 Å². The summed E-state index contributed by atoms with van der Waals surface area (Å²) in [5.74, 6) is 0.722. The lowest BCUT2D eigenvalue weighted by Gasteiger charge is -2.36. The SMILES string of the molecule is CCOC(=O)c1cc(-c2ccc(N3CCN(C(=O)COc4ccc(Cl)cc4)CC3)cc2)n(-c2ccccc2OC)n1. The first kappa shape index (κ1) is 28.0. The highest BCUT2D eigenvalue weighted by Gasteiger charge is 2.23. The molecule has 5 rings (SSSR count). The third kappa shape index (κ3) is 6.47. The van der Waals surface area contributed by atoms with E-state index in [9.17, 15) is 9.59 Å². The van der Waals surface area contributed by atoms with Gasteiger partial charge in [-0.1, -0.05) is 35.9 Å². The number of anilines is 1. The van der Waals surface area contributed by atoms with Crippen LogP contribution < -0.4 is 14.4 Å². The fourth-order valence-corrected chi connectivity index (χ4v) is 4.83. The van der Waals surface area contributed by atoms with Crippen LogP contribution in [0.2, 0.25) is 5.02 Å². The van der Waals surface area contributed by atoms with Gasteiger partial charge in [0.15, 0.2) is 12.3 Å². The summed E-state index contributed by atoms with van der Waals surface area (Å²) < 4.78 is 18.1. The summed E-state index contributed by atoms with van der Waals surface area (Å²) in [6, 6.07) is 24.3. The molecule has 0 unspecified atom stereocenters. The van der Waals surface area contributed by atoms with Crippen molar-refractivity contribution in [3.05, 3.63) is 89.6 Å². The van der Waals surface area contributed by atoms with E-state index in [0.29, 0.717) is 48.4 Å². The number of carbonyl (C=O) groups excluding carboxylic acids is 2. The summed E-state index contributed by atoms with van der Waals surface area (Å²) in [5.41, 5.74) is 3.60. The van der Waals surface area contributed by atoms with E-state index in [0.717, 1.165) is 16.9 Å². The summed E-state index contributed by atoms with van der Waals surface area (Å²) in [4.78, 5) is 29.3. The van der Waals surface area contributed by atoms with Gasteiger partial charge < -0.3 is 24.0 Å². The average Bonchev–Trinajstić information content (AvgIpc) is 3.46. The molecule has 9 nitrogen and oxygen atoms in total. The number of hydrogen-bond acceptors (Lipinski definition) is 7. The number of aromatic nitrogens is 2. The standard InChI is InChI=1S/C31H31ClN4O5/c1-3-40-31(38)26-20-28(36(33-26)27-6-4-5-7-29(27)39-2)22-8-12-24(13-9-22)34-16-18-35(19-17-34)30(37)21-41-25-14-10-23(32)11-15-25/h4-15,20H,3,16-19,21H2,1-2H3. The smallest absolute Gasteiger partial charge is 0.358 e. The molecule has 0 bridgehead atoms. The van der Waals surface area contributed by atoms with Crippen LogP contribution in [-0.2, 0) is 9.53 Å². The fourth-order valence-electron chi connectivity index (χ4n) is 4.70. The summed E-state index contributed by atoms with van der Waals surface area (Å²) in [7, 11) is 1.60. The van der Waals surface area contributed by atoms with Crippen molar-refractivity contribution in [2.24, 2.45) is 0 Å². The highest BCUT2D eigenvalue weighted by atomic mass is 35.5. The van der Waals surface area contributed by atoms with Crippen molar-refractivity contribution < 1.29 is 23.8 Å². The van der Waals surface area contributed by atoms with E-state index in [2.05, 4.69) is 10.00 Å². The number of esters is 1. The van der Waals surface area contributed by atoms with Gasteiger partial charge in [-0.3, -0.25) is 4.79 Å². The van der Waals surface area contributed by atoms with Crippen molar-refractivity contribution in [2.75, 3.05) is 51.4 Å². The third-order valence-electron chi connectivity index (χ3n) is 6.84. The second kappa shape index (κ2) is 12.8. The minimum atomic E-state index is -0.481. The Morgan fingerprint density at radius 3 is 2.32 bits per heavy atom. The van der Waals surface area contributed by atoms with E-state index in [1.54, 1.807) is 49.0 Å². The third-order valence-corrected chi connectivity index (χ3v) is 7.10. The minimum Gasteiger partial charge on any atom is -0.494 e. The number of carbonyl (C=O) groups is 2. The Labute approximate surface area is 243 Å². The number of piperazine rings is 1. The Bertz CT molecular complexity index is 1500. The van der Waals surface area contributed by atoms with Gasteiger partial charge in [0.05, 0.1) is 19.4 Å². The molecular formula is C31H31ClN4O5. The molecule has 0 atom stereocenters. The van der Waals surface area contributed by atoms with E-state index in [1.165, 1.54) is 0 Å². The molecule has 0 spiro atoms. The zero-order valence-corrected chi connectivity index (χ0v) is 23.7. The van der Waals surface area contributed by atoms with E-state index >= 15 is 0 Å². The molecule has 1 aromatic heterocycles. The molecular weight excluding hydrogens is 544 g/mol. The van der Waals surface area contributed by atoms with Gasteiger partial charge in [0, 0.05) is 42.5 Å². The molecule has 1 fully saturated rings. The number of hydrogen-bond donors (Lipinski definition) is 0. The lowest BCUT2D eigenvalue weighted by molar-refractivity contribution is -0.133. The van der Waals surface area contributed by atoms with E-state index in [1.807, 2.05) is 53.4 Å². The number of para-hydroxylation sites is 2. The number of ether oxygens (including phenoxy) is 3. The molecule has 0 radical (unpaired) electrons. The van der Waals surface area contributed by atoms with Crippen LogP contribution in [0.15, 0.2) is 78.9 Å². The quantitative estimate of drug-likeness (QED) is 0.257. The lowest BCUT2D eigenvalue weighted by Crippen LogP contribution is -2.50. The molecule has 212 valence electrons. The van der Waals surface area contributed by atoms with Crippen LogP contribution in [-0.4, -0.2) is 73.1 Å². The van der Waals surface area contributed by atoms with Gasteiger partial charge in [0.2, 0.25) is 0 Å². The maximum atomic E-state index is 12.7. The number of amides is 1. The highest BCUT2D eigenvalue weighted by Crippen LogP contribution is 2.31. The Hall–Kier alpha value is -4.50. The first-order valence-electron chi connectivity index (χ1n) is 13.4. The molecule has 4 aromatic rings. The van der Waals surface area contributed by atoms with Gasteiger partial charge in [-0.2, -0.15) is 5.10 Å². The van der Waals surface area contributed by atoms with E-state index < -0.39 is 5.97 Å². The van der Waals surface area contributed by atoms with Crippen LogP contribution >= 0.6 is 11.6 Å².